The summed E-state index contributed by atoms with van der Waals surface area (Å²) in [5.41, 5.74) is 3.20. The van der Waals surface area contributed by atoms with Gasteiger partial charge in [0.25, 0.3) is 0 Å². The van der Waals surface area contributed by atoms with Crippen LogP contribution in [0.5, 0.6) is 0 Å². The normalized spacial score (nSPS) is 14.4. The minimum atomic E-state index is -0.592. The van der Waals surface area contributed by atoms with Crippen LogP contribution in [-0.4, -0.2) is 29.3 Å². The summed E-state index contributed by atoms with van der Waals surface area (Å²) in [5, 5.41) is 4.28. The van der Waals surface area contributed by atoms with Gasteiger partial charge in [0.1, 0.15) is 6.04 Å². The predicted molar refractivity (Wildman–Crippen MR) is 131 cm³/mol. The maximum atomic E-state index is 13.2. The first-order valence-electron chi connectivity index (χ1n) is 11.2. The van der Waals surface area contributed by atoms with E-state index >= 15 is 0 Å². The van der Waals surface area contributed by atoms with Crippen molar-refractivity contribution in [3.63, 3.8) is 0 Å². The highest BCUT2D eigenvalue weighted by Crippen LogP contribution is 2.20. The highest BCUT2D eigenvalue weighted by Gasteiger charge is 2.26. The fourth-order valence-electron chi connectivity index (χ4n) is 3.87. The van der Waals surface area contributed by atoms with Crippen LogP contribution in [0.25, 0.3) is 0 Å². The van der Waals surface area contributed by atoms with Gasteiger partial charge in [-0.2, -0.15) is 0 Å². The van der Waals surface area contributed by atoms with Gasteiger partial charge in [0.15, 0.2) is 0 Å². The van der Waals surface area contributed by atoms with E-state index in [1.807, 2.05) is 24.3 Å². The molecule has 0 heterocycles. The molecule has 0 saturated heterocycles. The monoisotopic (exact) mass is 472 g/mol. The molecule has 0 aromatic heterocycles. The number of allylic oxidation sites excluding steroid dienone is 1. The van der Waals surface area contributed by atoms with Gasteiger partial charge in [-0.3, -0.25) is 9.59 Å². The van der Waals surface area contributed by atoms with Crippen LogP contribution in [0, 0.1) is 0 Å². The highest BCUT2D eigenvalue weighted by molar-refractivity contribution is 6.30. The third-order valence-corrected chi connectivity index (χ3v) is 6.34. The average Bonchev–Trinajstić information content (AvgIpc) is 2.80. The average molecular weight is 473 g/mol. The molecule has 0 unspecified atom stereocenters. The molecule has 32 heavy (non-hydrogen) atoms. The van der Waals surface area contributed by atoms with Crippen molar-refractivity contribution < 1.29 is 9.59 Å². The van der Waals surface area contributed by atoms with Crippen LogP contribution in [0.4, 0.5) is 0 Å². The zero-order valence-electron chi connectivity index (χ0n) is 18.4. The second kappa shape index (κ2) is 12.1. The zero-order valence-corrected chi connectivity index (χ0v) is 20.0. The molecule has 0 bridgehead atoms. The summed E-state index contributed by atoms with van der Waals surface area (Å²) in [5.74, 6) is -0.250. The van der Waals surface area contributed by atoms with Gasteiger partial charge < -0.3 is 10.2 Å². The van der Waals surface area contributed by atoms with Gasteiger partial charge in [-0.05, 0) is 74.4 Å². The Kier molecular flexibility index (Phi) is 9.19. The Balaban J connectivity index is 1.67. The van der Waals surface area contributed by atoms with Gasteiger partial charge in [0.2, 0.25) is 11.8 Å². The summed E-state index contributed by atoms with van der Waals surface area (Å²) in [7, 11) is 0. The Bertz CT molecular complexity index is 939. The Morgan fingerprint density at radius 3 is 2.19 bits per heavy atom. The van der Waals surface area contributed by atoms with Gasteiger partial charge in [-0.15, -0.1) is 0 Å². The van der Waals surface area contributed by atoms with Gasteiger partial charge in [0, 0.05) is 23.1 Å². The predicted octanol–water partition coefficient (Wildman–Crippen LogP) is 5.96. The maximum Gasteiger partial charge on any atom is 0.242 e. The number of hydrogen-bond acceptors (Lipinski definition) is 2. The van der Waals surface area contributed by atoms with Gasteiger partial charge in [-0.25, -0.2) is 0 Å². The Labute approximate surface area is 200 Å². The standard InChI is InChI=1S/C26H30Cl2N2O2/c1-19(26(32)29-16-15-20-5-3-2-4-6-20)30(18-22-9-13-24(28)14-10-22)25(31)17-21-7-11-23(27)12-8-21/h5,7-14,19H,2-4,6,15-18H2,1H3,(H,29,32)/t19-/m1/s1. The van der Waals surface area contributed by atoms with Crippen molar-refractivity contribution in [1.29, 1.82) is 0 Å². The van der Waals surface area contributed by atoms with E-state index in [9.17, 15) is 9.59 Å². The van der Waals surface area contributed by atoms with Crippen molar-refractivity contribution >= 4 is 35.0 Å². The molecule has 1 aliphatic rings. The van der Waals surface area contributed by atoms with E-state index in [1.54, 1.807) is 36.1 Å². The first kappa shape index (κ1) is 24.3. The van der Waals surface area contributed by atoms with Crippen LogP contribution in [-0.2, 0) is 22.6 Å². The van der Waals surface area contributed by atoms with Crippen molar-refractivity contribution in [3.05, 3.63) is 81.4 Å². The lowest BCUT2D eigenvalue weighted by atomic mass is 9.97. The van der Waals surface area contributed by atoms with Gasteiger partial charge >= 0.3 is 0 Å². The minimum Gasteiger partial charge on any atom is -0.354 e. The lowest BCUT2D eigenvalue weighted by molar-refractivity contribution is -0.140. The minimum absolute atomic E-state index is 0.111. The summed E-state index contributed by atoms with van der Waals surface area (Å²) >= 11 is 12.0. The van der Waals surface area contributed by atoms with E-state index in [2.05, 4.69) is 11.4 Å². The lowest BCUT2D eigenvalue weighted by Crippen LogP contribution is -2.48. The molecule has 2 aromatic rings. The van der Waals surface area contributed by atoms with Crippen molar-refractivity contribution in [2.24, 2.45) is 0 Å². The van der Waals surface area contributed by atoms with E-state index in [1.165, 1.54) is 18.4 Å². The molecule has 0 saturated carbocycles. The van der Waals surface area contributed by atoms with Gasteiger partial charge in [0.05, 0.1) is 6.42 Å². The number of benzene rings is 2. The van der Waals surface area contributed by atoms with Crippen molar-refractivity contribution in [2.45, 2.75) is 58.0 Å². The van der Waals surface area contributed by atoms with Crippen molar-refractivity contribution in [2.75, 3.05) is 6.54 Å². The Morgan fingerprint density at radius 2 is 1.59 bits per heavy atom. The molecular weight excluding hydrogens is 443 g/mol. The van der Waals surface area contributed by atoms with E-state index < -0.39 is 6.04 Å². The molecule has 1 N–H and O–H groups in total. The number of hydrogen-bond donors (Lipinski definition) is 1. The van der Waals surface area contributed by atoms with Crippen molar-refractivity contribution in [3.8, 4) is 0 Å². The van der Waals surface area contributed by atoms with Crippen LogP contribution < -0.4 is 5.32 Å². The lowest BCUT2D eigenvalue weighted by Gasteiger charge is -2.29. The van der Waals surface area contributed by atoms with E-state index in [4.69, 9.17) is 23.2 Å². The Morgan fingerprint density at radius 1 is 0.969 bits per heavy atom. The van der Waals surface area contributed by atoms with Crippen molar-refractivity contribution in [1.82, 2.24) is 10.2 Å². The molecule has 1 aliphatic carbocycles. The SMILES string of the molecule is C[C@H](C(=O)NCCC1=CCCCC1)N(Cc1ccc(Cl)cc1)C(=O)Cc1ccc(Cl)cc1. The molecule has 0 radical (unpaired) electrons. The number of carbonyl (C=O) groups excluding carboxylic acids is 2. The summed E-state index contributed by atoms with van der Waals surface area (Å²) in [4.78, 5) is 27.8. The number of halogens is 2. The molecule has 6 heteroatoms. The summed E-state index contributed by atoms with van der Waals surface area (Å²) in [6.07, 6.45) is 8.10. The molecule has 0 aliphatic heterocycles. The third-order valence-electron chi connectivity index (χ3n) is 5.83. The van der Waals surface area contributed by atoms with Crippen LogP contribution in [0.3, 0.4) is 0 Å². The third kappa shape index (κ3) is 7.39. The number of amides is 2. The molecule has 170 valence electrons. The molecule has 3 rings (SSSR count). The van der Waals surface area contributed by atoms with Crippen LogP contribution >= 0.6 is 23.2 Å². The largest absolute Gasteiger partial charge is 0.354 e. The molecule has 0 fully saturated rings. The topological polar surface area (TPSA) is 49.4 Å². The Hall–Kier alpha value is -2.30. The van der Waals surface area contributed by atoms with Gasteiger partial charge in [-0.1, -0.05) is 59.1 Å². The number of carbonyl (C=O) groups is 2. The van der Waals surface area contributed by atoms with Crippen LogP contribution in [0.15, 0.2) is 60.2 Å². The fraction of sp³-hybridized carbons (Fsp3) is 0.385. The van der Waals surface area contributed by atoms with E-state index in [-0.39, 0.29) is 18.2 Å². The first-order valence-corrected chi connectivity index (χ1v) is 11.9. The maximum absolute atomic E-state index is 13.2. The molecule has 2 aromatic carbocycles. The first-order chi connectivity index (χ1) is 15.4. The molecular formula is C26H30Cl2N2O2. The number of nitrogens with one attached hydrogen (secondary N) is 1. The van der Waals surface area contributed by atoms with Crippen LogP contribution in [0.1, 0.15) is 50.2 Å². The summed E-state index contributed by atoms with van der Waals surface area (Å²) < 4.78 is 0. The molecule has 4 nitrogen and oxygen atoms in total. The van der Waals surface area contributed by atoms with Crippen LogP contribution in [0.2, 0.25) is 10.0 Å². The van der Waals surface area contributed by atoms with E-state index in [0.29, 0.717) is 23.1 Å². The summed E-state index contributed by atoms with van der Waals surface area (Å²) in [6.45, 7) is 2.71. The van der Waals surface area contributed by atoms with E-state index in [0.717, 1.165) is 30.4 Å². The molecule has 0 spiro atoms. The quantitative estimate of drug-likeness (QED) is 0.457. The zero-order chi connectivity index (χ0) is 22.9. The number of nitrogens with zero attached hydrogens (tertiary/aromatic N) is 1. The molecule has 2 amide bonds. The highest BCUT2D eigenvalue weighted by atomic mass is 35.5. The smallest absolute Gasteiger partial charge is 0.242 e. The number of rotatable bonds is 9. The molecule has 1 atom stereocenters. The second-order valence-electron chi connectivity index (χ2n) is 8.28. The second-order valence-corrected chi connectivity index (χ2v) is 9.15. The fourth-order valence-corrected chi connectivity index (χ4v) is 4.13. The summed E-state index contributed by atoms with van der Waals surface area (Å²) in [6, 6.07) is 14.0.